The van der Waals surface area contributed by atoms with E-state index in [9.17, 15) is 4.79 Å². The van der Waals surface area contributed by atoms with Crippen molar-refractivity contribution in [3.05, 3.63) is 36.9 Å². The average molecular weight is 338 g/mol. The summed E-state index contributed by atoms with van der Waals surface area (Å²) in [6.07, 6.45) is 6.55. The molecule has 128 valence electrons. The summed E-state index contributed by atoms with van der Waals surface area (Å²) in [4.78, 5) is 27.0. The molecule has 0 spiro atoms. The first-order valence-corrected chi connectivity index (χ1v) is 8.21. The summed E-state index contributed by atoms with van der Waals surface area (Å²) >= 11 is 0. The van der Waals surface area contributed by atoms with Gasteiger partial charge < -0.3 is 9.64 Å². The van der Waals surface area contributed by atoms with Crippen molar-refractivity contribution in [3.8, 4) is 5.82 Å². The third-order valence-corrected chi connectivity index (χ3v) is 4.54. The molecule has 0 aliphatic carbocycles. The number of rotatable bonds is 3. The number of hydrogen-bond acceptors (Lipinski definition) is 7. The van der Waals surface area contributed by atoms with Gasteiger partial charge in [0.25, 0.3) is 0 Å². The largest absolute Gasteiger partial charge is 0.469 e. The van der Waals surface area contributed by atoms with Crippen molar-refractivity contribution in [3.63, 3.8) is 0 Å². The molecule has 4 heterocycles. The Morgan fingerprint density at radius 2 is 2.04 bits per heavy atom. The Morgan fingerprint density at radius 1 is 1.20 bits per heavy atom. The number of methoxy groups -OCH3 is 1. The lowest BCUT2D eigenvalue weighted by molar-refractivity contribution is -0.146. The highest BCUT2D eigenvalue weighted by atomic mass is 16.5. The summed E-state index contributed by atoms with van der Waals surface area (Å²) in [6, 6.07) is 5.66. The monoisotopic (exact) mass is 338 g/mol. The molecule has 0 amide bonds. The lowest BCUT2D eigenvalue weighted by atomic mass is 9.97. The molecule has 0 bridgehead atoms. The second-order valence-electron chi connectivity index (χ2n) is 5.96. The predicted molar refractivity (Wildman–Crippen MR) is 91.4 cm³/mol. The molecule has 4 rings (SSSR count). The van der Waals surface area contributed by atoms with Gasteiger partial charge in [-0.25, -0.2) is 15.0 Å². The molecule has 3 aromatic heterocycles. The minimum atomic E-state index is -0.129. The van der Waals surface area contributed by atoms with Crippen molar-refractivity contribution < 1.29 is 9.53 Å². The topological polar surface area (TPSA) is 86.0 Å². The number of fused-ring (bicyclic) bond motifs is 1. The van der Waals surface area contributed by atoms with Crippen molar-refractivity contribution in [2.75, 3.05) is 25.1 Å². The summed E-state index contributed by atoms with van der Waals surface area (Å²) in [5.74, 6) is 1.40. The van der Waals surface area contributed by atoms with Crippen LogP contribution < -0.4 is 4.90 Å². The van der Waals surface area contributed by atoms with E-state index in [2.05, 4.69) is 25.0 Å². The van der Waals surface area contributed by atoms with E-state index >= 15 is 0 Å². The van der Waals surface area contributed by atoms with Gasteiger partial charge in [-0.15, -0.1) is 0 Å². The van der Waals surface area contributed by atoms with Gasteiger partial charge in [0.2, 0.25) is 0 Å². The smallest absolute Gasteiger partial charge is 0.308 e. The number of piperidine rings is 1. The number of ether oxygens (including phenoxy) is 1. The Labute approximate surface area is 144 Å². The first-order chi connectivity index (χ1) is 12.3. The molecule has 1 fully saturated rings. The van der Waals surface area contributed by atoms with Gasteiger partial charge in [-0.2, -0.15) is 9.78 Å². The third kappa shape index (κ3) is 2.79. The summed E-state index contributed by atoms with van der Waals surface area (Å²) in [5.41, 5.74) is 0.721. The second kappa shape index (κ2) is 6.46. The van der Waals surface area contributed by atoms with Crippen molar-refractivity contribution in [1.29, 1.82) is 0 Å². The molecule has 8 heteroatoms. The fourth-order valence-electron chi connectivity index (χ4n) is 3.22. The maximum atomic E-state index is 11.7. The summed E-state index contributed by atoms with van der Waals surface area (Å²) in [6.45, 7) is 1.50. The zero-order chi connectivity index (χ0) is 17.2. The quantitative estimate of drug-likeness (QED) is 0.670. The molecule has 1 aliphatic heterocycles. The van der Waals surface area contributed by atoms with Crippen molar-refractivity contribution in [2.24, 2.45) is 5.92 Å². The van der Waals surface area contributed by atoms with Crippen molar-refractivity contribution in [2.45, 2.75) is 12.8 Å². The highest BCUT2D eigenvalue weighted by molar-refractivity contribution is 5.87. The lowest BCUT2D eigenvalue weighted by Crippen LogP contribution is -2.37. The number of esters is 1. The summed E-state index contributed by atoms with van der Waals surface area (Å²) in [7, 11) is 1.44. The van der Waals surface area contributed by atoms with Gasteiger partial charge in [0.05, 0.1) is 24.6 Å². The van der Waals surface area contributed by atoms with Crippen LogP contribution in [-0.2, 0) is 9.53 Å². The number of aromatic nitrogens is 5. The van der Waals surface area contributed by atoms with E-state index in [-0.39, 0.29) is 11.9 Å². The van der Waals surface area contributed by atoms with Crippen LogP contribution in [0.3, 0.4) is 0 Å². The highest BCUT2D eigenvalue weighted by Crippen LogP contribution is 2.28. The summed E-state index contributed by atoms with van der Waals surface area (Å²) < 4.78 is 6.56. The average Bonchev–Trinajstić information content (AvgIpc) is 3.12. The molecule has 3 aromatic rings. The predicted octanol–water partition coefficient (Wildman–Crippen LogP) is 1.60. The first kappa shape index (κ1) is 15.5. The molecule has 25 heavy (non-hydrogen) atoms. The van der Waals surface area contributed by atoms with Crippen molar-refractivity contribution in [1.82, 2.24) is 24.7 Å². The Kier molecular flexibility index (Phi) is 4.01. The van der Waals surface area contributed by atoms with Crippen molar-refractivity contribution >= 4 is 22.8 Å². The van der Waals surface area contributed by atoms with E-state index in [0.717, 1.165) is 42.8 Å². The fraction of sp³-hybridized carbons (Fsp3) is 0.353. The number of carbonyl (C=O) groups is 1. The van der Waals surface area contributed by atoms with Gasteiger partial charge >= 0.3 is 5.97 Å². The van der Waals surface area contributed by atoms with E-state index < -0.39 is 0 Å². The van der Waals surface area contributed by atoms with E-state index in [0.29, 0.717) is 5.82 Å². The van der Waals surface area contributed by atoms with Gasteiger partial charge in [-0.05, 0) is 25.0 Å². The second-order valence-corrected chi connectivity index (χ2v) is 5.96. The highest BCUT2D eigenvalue weighted by Gasteiger charge is 2.27. The van der Waals surface area contributed by atoms with Gasteiger partial charge in [0, 0.05) is 19.3 Å². The van der Waals surface area contributed by atoms with Crippen LogP contribution in [0.5, 0.6) is 0 Å². The minimum Gasteiger partial charge on any atom is -0.469 e. The Balaban J connectivity index is 1.64. The van der Waals surface area contributed by atoms with E-state index in [4.69, 9.17) is 4.74 Å². The van der Waals surface area contributed by atoms with Crippen LogP contribution in [0.25, 0.3) is 16.9 Å². The summed E-state index contributed by atoms with van der Waals surface area (Å²) in [5, 5.41) is 5.31. The van der Waals surface area contributed by atoms with Crippen LogP contribution in [-0.4, -0.2) is 50.9 Å². The molecule has 0 radical (unpaired) electrons. The van der Waals surface area contributed by atoms with E-state index in [1.54, 1.807) is 23.4 Å². The van der Waals surface area contributed by atoms with Crippen LogP contribution in [0, 0.1) is 5.92 Å². The SMILES string of the molecule is COC(=O)C1CCN(c2ncnc3c2cnn3-c2ccccn2)CC1. The Morgan fingerprint density at radius 3 is 2.76 bits per heavy atom. The van der Waals surface area contributed by atoms with Crippen LogP contribution >= 0.6 is 0 Å². The maximum Gasteiger partial charge on any atom is 0.308 e. The molecule has 8 nitrogen and oxygen atoms in total. The number of carbonyl (C=O) groups excluding carboxylic acids is 1. The van der Waals surface area contributed by atoms with Crippen LogP contribution in [0.15, 0.2) is 36.9 Å². The molecule has 1 saturated heterocycles. The Bertz CT molecular complexity index is 887. The maximum absolute atomic E-state index is 11.7. The molecule has 0 saturated carbocycles. The molecule has 0 atom stereocenters. The zero-order valence-electron chi connectivity index (χ0n) is 13.9. The van der Waals surface area contributed by atoms with E-state index in [1.165, 1.54) is 7.11 Å². The van der Waals surface area contributed by atoms with Gasteiger partial charge in [-0.1, -0.05) is 6.07 Å². The molecular weight excluding hydrogens is 320 g/mol. The van der Waals surface area contributed by atoms with Crippen LogP contribution in [0.2, 0.25) is 0 Å². The van der Waals surface area contributed by atoms with Crippen LogP contribution in [0.1, 0.15) is 12.8 Å². The lowest BCUT2D eigenvalue weighted by Gasteiger charge is -2.31. The Hall–Kier alpha value is -3.03. The number of hydrogen-bond donors (Lipinski definition) is 0. The number of nitrogens with zero attached hydrogens (tertiary/aromatic N) is 6. The van der Waals surface area contributed by atoms with Gasteiger partial charge in [0.1, 0.15) is 12.1 Å². The van der Waals surface area contributed by atoms with Gasteiger partial charge in [-0.3, -0.25) is 4.79 Å². The zero-order valence-corrected chi connectivity index (χ0v) is 13.9. The van der Waals surface area contributed by atoms with Gasteiger partial charge in [0.15, 0.2) is 11.5 Å². The minimum absolute atomic E-state index is 0.0326. The number of pyridine rings is 1. The fourth-order valence-corrected chi connectivity index (χ4v) is 3.22. The first-order valence-electron chi connectivity index (χ1n) is 8.21. The normalized spacial score (nSPS) is 15.5. The molecule has 0 N–H and O–H groups in total. The molecular formula is C17H18N6O2. The number of anilines is 1. The van der Waals surface area contributed by atoms with Crippen LogP contribution in [0.4, 0.5) is 5.82 Å². The molecule has 1 aliphatic rings. The molecule has 0 unspecified atom stereocenters. The standard InChI is InChI=1S/C17H18N6O2/c1-25-17(24)12-5-8-22(9-6-12)15-13-10-21-23(16(13)20-11-19-15)14-4-2-3-7-18-14/h2-4,7,10-12H,5-6,8-9H2,1H3. The third-order valence-electron chi connectivity index (χ3n) is 4.54. The van der Waals surface area contributed by atoms with E-state index in [1.807, 2.05) is 18.2 Å². The molecule has 0 aromatic carbocycles.